The molecular formula is C15H23N3O4S. The topological polar surface area (TPSA) is 87.7 Å². The van der Waals surface area contributed by atoms with Crippen molar-refractivity contribution < 1.29 is 17.9 Å². The molecule has 0 fully saturated rings. The summed E-state index contributed by atoms with van der Waals surface area (Å²) in [5, 5.41) is 5.69. The third-order valence-corrected chi connectivity index (χ3v) is 5.08. The molecule has 1 aromatic rings. The Hall–Kier alpha value is -1.80. The first-order chi connectivity index (χ1) is 10.9. The van der Waals surface area contributed by atoms with Crippen molar-refractivity contribution in [3.63, 3.8) is 0 Å². The Morgan fingerprint density at radius 1 is 1.39 bits per heavy atom. The molecule has 0 bridgehead atoms. The quantitative estimate of drug-likeness (QED) is 0.758. The molecule has 23 heavy (non-hydrogen) atoms. The lowest BCUT2D eigenvalue weighted by Crippen LogP contribution is -2.40. The number of nitrogens with zero attached hydrogens (tertiary/aromatic N) is 1. The van der Waals surface area contributed by atoms with Crippen molar-refractivity contribution in [2.75, 3.05) is 33.0 Å². The average molecular weight is 341 g/mol. The molecule has 0 unspecified atom stereocenters. The van der Waals surface area contributed by atoms with Gasteiger partial charge in [-0.05, 0) is 12.5 Å². The maximum Gasteiger partial charge on any atom is 0.315 e. The van der Waals surface area contributed by atoms with Gasteiger partial charge in [-0.15, -0.1) is 0 Å². The summed E-state index contributed by atoms with van der Waals surface area (Å²) in [6.45, 7) is 1.36. The van der Waals surface area contributed by atoms with E-state index in [1.807, 2.05) is 24.3 Å². The van der Waals surface area contributed by atoms with Crippen molar-refractivity contribution in [1.82, 2.24) is 14.9 Å². The number of amides is 2. The monoisotopic (exact) mass is 341 g/mol. The Kier molecular flexibility index (Phi) is 5.84. The molecule has 1 heterocycles. The van der Waals surface area contributed by atoms with Gasteiger partial charge in [-0.3, -0.25) is 0 Å². The van der Waals surface area contributed by atoms with Gasteiger partial charge in [-0.2, -0.15) is 0 Å². The van der Waals surface area contributed by atoms with Gasteiger partial charge in [-0.1, -0.05) is 18.2 Å². The molecule has 0 aromatic heterocycles. The fourth-order valence-corrected chi connectivity index (χ4v) is 2.83. The van der Waals surface area contributed by atoms with E-state index in [0.29, 0.717) is 26.1 Å². The number of hydrogen-bond acceptors (Lipinski definition) is 4. The summed E-state index contributed by atoms with van der Waals surface area (Å²) in [5.74, 6) is 0.804. The van der Waals surface area contributed by atoms with Crippen molar-refractivity contribution >= 4 is 16.1 Å². The number of hydrogen-bond donors (Lipinski definition) is 2. The van der Waals surface area contributed by atoms with E-state index < -0.39 is 10.0 Å². The highest BCUT2D eigenvalue weighted by Crippen LogP contribution is 2.31. The zero-order valence-electron chi connectivity index (χ0n) is 13.4. The molecule has 1 aliphatic heterocycles. The zero-order chi connectivity index (χ0) is 16.9. The predicted molar refractivity (Wildman–Crippen MR) is 87.9 cm³/mol. The lowest BCUT2D eigenvalue weighted by Gasteiger charge is -2.26. The molecule has 2 rings (SSSR count). The lowest BCUT2D eigenvalue weighted by molar-refractivity contribution is 0.223. The third-order valence-electron chi connectivity index (χ3n) is 3.77. The maximum atomic E-state index is 12.0. The van der Waals surface area contributed by atoms with Crippen LogP contribution in [0.5, 0.6) is 5.75 Å². The van der Waals surface area contributed by atoms with Crippen molar-refractivity contribution in [3.05, 3.63) is 29.8 Å². The number of benzene rings is 1. The van der Waals surface area contributed by atoms with Crippen molar-refractivity contribution in [1.29, 1.82) is 0 Å². The van der Waals surface area contributed by atoms with Crippen LogP contribution >= 0.6 is 0 Å². The number of fused-ring (bicyclic) bond motifs is 1. The molecule has 8 heteroatoms. The van der Waals surface area contributed by atoms with Crippen LogP contribution in [0.2, 0.25) is 0 Å². The van der Waals surface area contributed by atoms with Crippen LogP contribution in [0.15, 0.2) is 24.3 Å². The fourth-order valence-electron chi connectivity index (χ4n) is 2.37. The molecule has 2 amide bonds. The number of ether oxygens (including phenoxy) is 1. The molecular weight excluding hydrogens is 318 g/mol. The van der Waals surface area contributed by atoms with Crippen molar-refractivity contribution in [2.45, 2.75) is 18.9 Å². The Morgan fingerprint density at radius 2 is 2.13 bits per heavy atom. The molecule has 128 valence electrons. The number of urea groups is 1. The van der Waals surface area contributed by atoms with Crippen LogP contribution in [-0.4, -0.2) is 51.8 Å². The fraction of sp³-hybridized carbons (Fsp3) is 0.533. The van der Waals surface area contributed by atoms with Gasteiger partial charge in [0, 0.05) is 32.1 Å². The molecule has 0 radical (unpaired) electrons. The van der Waals surface area contributed by atoms with E-state index in [2.05, 4.69) is 10.6 Å². The molecule has 0 spiro atoms. The molecule has 7 nitrogen and oxygen atoms in total. The summed E-state index contributed by atoms with van der Waals surface area (Å²) in [4.78, 5) is 12.0. The first-order valence-corrected chi connectivity index (χ1v) is 9.40. The molecule has 1 aliphatic rings. The predicted octanol–water partition coefficient (Wildman–Crippen LogP) is 1.09. The minimum absolute atomic E-state index is 0.0707. The first kappa shape index (κ1) is 17.6. The van der Waals surface area contributed by atoms with E-state index in [1.165, 1.54) is 11.4 Å². The van der Waals surface area contributed by atoms with E-state index in [-0.39, 0.29) is 12.1 Å². The van der Waals surface area contributed by atoms with E-state index in [1.54, 1.807) is 0 Å². The van der Waals surface area contributed by atoms with Gasteiger partial charge in [-0.25, -0.2) is 17.5 Å². The minimum atomic E-state index is -3.17. The summed E-state index contributed by atoms with van der Waals surface area (Å²) in [5.41, 5.74) is 0.978. The molecule has 0 saturated heterocycles. The second-order valence-corrected chi connectivity index (χ2v) is 7.66. The van der Waals surface area contributed by atoms with Gasteiger partial charge in [0.25, 0.3) is 0 Å². The van der Waals surface area contributed by atoms with Crippen LogP contribution < -0.4 is 15.4 Å². The highest BCUT2D eigenvalue weighted by Gasteiger charge is 2.22. The van der Waals surface area contributed by atoms with Crippen LogP contribution in [0.4, 0.5) is 4.79 Å². The smallest absolute Gasteiger partial charge is 0.315 e. The zero-order valence-corrected chi connectivity index (χ0v) is 14.2. The average Bonchev–Trinajstić information content (AvgIpc) is 2.51. The van der Waals surface area contributed by atoms with Gasteiger partial charge >= 0.3 is 6.03 Å². The van der Waals surface area contributed by atoms with Crippen LogP contribution in [0.1, 0.15) is 24.4 Å². The maximum absolute atomic E-state index is 12.0. The van der Waals surface area contributed by atoms with E-state index in [0.717, 1.165) is 24.0 Å². The Bertz CT molecular complexity index is 648. The van der Waals surface area contributed by atoms with Gasteiger partial charge in [0.15, 0.2) is 0 Å². The van der Waals surface area contributed by atoms with E-state index in [4.69, 9.17) is 4.74 Å². The Balaban J connectivity index is 1.76. The van der Waals surface area contributed by atoms with Gasteiger partial charge in [0.2, 0.25) is 10.0 Å². The molecule has 2 N–H and O–H groups in total. The van der Waals surface area contributed by atoms with E-state index in [9.17, 15) is 13.2 Å². The van der Waals surface area contributed by atoms with Crippen LogP contribution in [0, 0.1) is 0 Å². The van der Waals surface area contributed by atoms with Gasteiger partial charge in [0.1, 0.15) is 5.75 Å². The van der Waals surface area contributed by atoms with E-state index >= 15 is 0 Å². The Labute approximate surface area is 137 Å². The molecule has 1 atom stereocenters. The van der Waals surface area contributed by atoms with Crippen molar-refractivity contribution in [3.8, 4) is 5.75 Å². The molecule has 0 aliphatic carbocycles. The lowest BCUT2D eigenvalue weighted by atomic mass is 10.0. The standard InChI is InChI=1S/C15H23N3O4S/c1-18(23(2,20)21)10-5-9-16-15(19)17-13-8-11-22-14-7-4-3-6-12(13)14/h3-4,6-7,13H,5,8-11H2,1-2H3,(H2,16,17,19)/t13-/m0/s1. The second-order valence-electron chi connectivity index (χ2n) is 5.57. The second kappa shape index (κ2) is 7.65. The van der Waals surface area contributed by atoms with Crippen LogP contribution in [0.3, 0.4) is 0 Å². The first-order valence-electron chi connectivity index (χ1n) is 7.55. The Morgan fingerprint density at radius 3 is 2.87 bits per heavy atom. The normalized spacial score (nSPS) is 17.3. The van der Waals surface area contributed by atoms with Crippen LogP contribution in [0.25, 0.3) is 0 Å². The summed E-state index contributed by atoms with van der Waals surface area (Å²) in [6, 6.07) is 7.33. The highest BCUT2D eigenvalue weighted by molar-refractivity contribution is 7.88. The SMILES string of the molecule is CN(CCCNC(=O)N[C@H]1CCOc2ccccc21)S(C)(=O)=O. The third kappa shape index (κ3) is 5.11. The highest BCUT2D eigenvalue weighted by atomic mass is 32.2. The summed E-state index contributed by atoms with van der Waals surface area (Å²) >= 11 is 0. The van der Waals surface area contributed by atoms with Gasteiger partial charge in [0.05, 0.1) is 18.9 Å². The minimum Gasteiger partial charge on any atom is -0.493 e. The number of nitrogens with one attached hydrogen (secondary N) is 2. The molecule has 1 aromatic carbocycles. The summed E-state index contributed by atoms with van der Waals surface area (Å²) in [7, 11) is -1.65. The molecule has 0 saturated carbocycles. The van der Waals surface area contributed by atoms with Crippen LogP contribution in [-0.2, 0) is 10.0 Å². The van der Waals surface area contributed by atoms with Crippen molar-refractivity contribution in [2.24, 2.45) is 0 Å². The number of carbonyl (C=O) groups is 1. The number of rotatable bonds is 6. The number of carbonyl (C=O) groups excluding carboxylic acids is 1. The number of para-hydroxylation sites is 1. The summed E-state index contributed by atoms with van der Waals surface area (Å²) in [6.07, 6.45) is 2.44. The van der Waals surface area contributed by atoms with Gasteiger partial charge < -0.3 is 15.4 Å². The largest absolute Gasteiger partial charge is 0.493 e. The summed E-state index contributed by atoms with van der Waals surface area (Å²) < 4.78 is 29.3. The number of sulfonamides is 1.